The van der Waals surface area contributed by atoms with Crippen molar-refractivity contribution in [2.75, 3.05) is 4.90 Å². The summed E-state index contributed by atoms with van der Waals surface area (Å²) in [5, 5.41) is 21.2. The number of nitrogens with two attached hydrogens (primary N) is 1. The van der Waals surface area contributed by atoms with Crippen LogP contribution in [0.4, 0.5) is 5.69 Å². The highest BCUT2D eigenvalue weighted by atomic mass is 16.1. The molecule has 2 aromatic carbocycles. The van der Waals surface area contributed by atoms with Crippen LogP contribution in [-0.2, 0) is 4.79 Å². The van der Waals surface area contributed by atoms with E-state index in [1.165, 1.54) is 5.56 Å². The van der Waals surface area contributed by atoms with Gasteiger partial charge in [0.25, 0.3) is 0 Å². The monoisotopic (exact) mass is 487 g/mol. The number of anilines is 1. The van der Waals surface area contributed by atoms with Gasteiger partial charge in [-0.3, -0.25) is 4.79 Å². The first-order valence-electron chi connectivity index (χ1n) is 12.8. The summed E-state index contributed by atoms with van der Waals surface area (Å²) in [5.74, 6) is -0.0145. The summed E-state index contributed by atoms with van der Waals surface area (Å²) < 4.78 is 0. The number of benzene rings is 2. The molecular formula is C31H29N5O. The first kappa shape index (κ1) is 23.3. The maximum absolute atomic E-state index is 14.0. The predicted octanol–water partition coefficient (Wildman–Crippen LogP) is 5.77. The lowest BCUT2D eigenvalue weighted by atomic mass is 9.58. The molecule has 0 fully saturated rings. The van der Waals surface area contributed by atoms with Crippen LogP contribution in [0.1, 0.15) is 75.0 Å². The van der Waals surface area contributed by atoms with Gasteiger partial charge in [-0.2, -0.15) is 10.5 Å². The number of aliphatic imine (C=N–C) groups is 1. The van der Waals surface area contributed by atoms with Crippen LogP contribution in [0.2, 0.25) is 0 Å². The zero-order chi connectivity index (χ0) is 26.3. The van der Waals surface area contributed by atoms with Gasteiger partial charge >= 0.3 is 0 Å². The van der Waals surface area contributed by atoms with E-state index in [-0.39, 0.29) is 17.0 Å². The molecule has 2 aliphatic heterocycles. The molecule has 0 amide bonds. The number of hydrogen-bond donors (Lipinski definition) is 1. The Kier molecular flexibility index (Phi) is 4.82. The molecule has 2 N–H and O–H groups in total. The smallest absolute Gasteiger partial charge is 0.161 e. The molecule has 6 heteroatoms. The van der Waals surface area contributed by atoms with Gasteiger partial charge in [-0.15, -0.1) is 0 Å². The van der Waals surface area contributed by atoms with E-state index >= 15 is 0 Å². The van der Waals surface area contributed by atoms with Gasteiger partial charge in [0.15, 0.2) is 5.78 Å². The van der Waals surface area contributed by atoms with Gasteiger partial charge < -0.3 is 10.6 Å². The molecule has 6 rings (SSSR count). The fraction of sp³-hybridized carbons (Fsp3) is 0.355. The minimum atomic E-state index is -1.25. The van der Waals surface area contributed by atoms with Gasteiger partial charge in [0.05, 0.1) is 17.7 Å². The third-order valence-electron chi connectivity index (χ3n) is 8.48. The molecule has 0 aromatic heterocycles. The highest BCUT2D eigenvalue weighted by Gasteiger charge is 2.67. The predicted molar refractivity (Wildman–Crippen MR) is 142 cm³/mol. The number of nitrogens with zero attached hydrogens (tertiary/aromatic N) is 4. The van der Waals surface area contributed by atoms with E-state index in [4.69, 9.17) is 10.7 Å². The van der Waals surface area contributed by atoms with Crippen LogP contribution >= 0.6 is 0 Å². The summed E-state index contributed by atoms with van der Waals surface area (Å²) in [4.78, 5) is 20.8. The molecular weight excluding hydrogens is 458 g/mol. The van der Waals surface area contributed by atoms with Crippen molar-refractivity contribution in [2.45, 2.75) is 58.3 Å². The Balaban J connectivity index is 1.73. The Morgan fingerprint density at radius 1 is 1.03 bits per heavy atom. The van der Waals surface area contributed by atoms with Gasteiger partial charge in [0.2, 0.25) is 0 Å². The molecule has 0 bridgehead atoms. The molecule has 0 spiro atoms. The van der Waals surface area contributed by atoms with Crippen LogP contribution in [0, 0.1) is 33.5 Å². The maximum Gasteiger partial charge on any atom is 0.161 e. The highest BCUT2D eigenvalue weighted by molar-refractivity contribution is 6.16. The van der Waals surface area contributed by atoms with Crippen molar-refractivity contribution < 1.29 is 4.79 Å². The number of nitriles is 2. The van der Waals surface area contributed by atoms with Crippen LogP contribution in [-0.4, -0.2) is 11.6 Å². The van der Waals surface area contributed by atoms with Crippen molar-refractivity contribution in [1.29, 1.82) is 10.5 Å². The Morgan fingerprint density at radius 3 is 2.27 bits per heavy atom. The lowest BCUT2D eigenvalue weighted by Gasteiger charge is -2.51. The van der Waals surface area contributed by atoms with E-state index in [0.29, 0.717) is 35.7 Å². The van der Waals surface area contributed by atoms with Gasteiger partial charge in [0.1, 0.15) is 17.1 Å². The maximum atomic E-state index is 14.0. The van der Waals surface area contributed by atoms with Gasteiger partial charge in [-0.05, 0) is 46.6 Å². The van der Waals surface area contributed by atoms with E-state index in [1.807, 2.05) is 41.3 Å². The van der Waals surface area contributed by atoms with Crippen LogP contribution in [0.5, 0.6) is 0 Å². The third kappa shape index (κ3) is 2.96. The molecule has 3 atom stereocenters. The Labute approximate surface area is 217 Å². The lowest BCUT2D eigenvalue weighted by Crippen LogP contribution is -2.56. The zero-order valence-electron chi connectivity index (χ0n) is 21.5. The summed E-state index contributed by atoms with van der Waals surface area (Å²) in [5.41, 5.74) is 10.7. The fourth-order valence-electron chi connectivity index (χ4n) is 6.91. The number of carbonyl (C=O) groups is 1. The summed E-state index contributed by atoms with van der Waals surface area (Å²) >= 11 is 0. The first-order chi connectivity index (χ1) is 17.6. The van der Waals surface area contributed by atoms with Gasteiger partial charge in [-0.25, -0.2) is 4.99 Å². The van der Waals surface area contributed by atoms with Crippen LogP contribution in [0.25, 0.3) is 0 Å². The van der Waals surface area contributed by atoms with Crippen LogP contribution in [0.3, 0.4) is 0 Å². The Hall–Kier alpha value is -4.16. The molecule has 0 saturated carbocycles. The van der Waals surface area contributed by atoms with Gasteiger partial charge in [0, 0.05) is 35.2 Å². The zero-order valence-corrected chi connectivity index (χ0v) is 21.5. The van der Waals surface area contributed by atoms with Crippen LogP contribution in [0.15, 0.2) is 76.2 Å². The number of Topliss-reactive ketones (excluding diaryl/α,β-unsaturated/α-hetero) is 1. The lowest BCUT2D eigenvalue weighted by molar-refractivity contribution is -0.118. The van der Waals surface area contributed by atoms with Crippen molar-refractivity contribution in [3.8, 4) is 12.1 Å². The minimum Gasteiger partial charge on any atom is -0.383 e. The fourth-order valence-corrected chi connectivity index (χ4v) is 6.91. The van der Waals surface area contributed by atoms with Crippen molar-refractivity contribution in [1.82, 2.24) is 0 Å². The molecule has 37 heavy (non-hydrogen) atoms. The average molecular weight is 488 g/mol. The number of carbonyl (C=O) groups excluding carboxylic acids is 1. The van der Waals surface area contributed by atoms with Gasteiger partial charge in [-0.1, -0.05) is 64.1 Å². The Bertz CT molecular complexity index is 1540. The minimum absolute atomic E-state index is 0.0604. The number of allylic oxidation sites excluding steroid dienone is 3. The number of ketones is 1. The van der Waals surface area contributed by atoms with E-state index < -0.39 is 17.3 Å². The SMILES string of the molecule is CC(C)c1ccc(N2C3=NC(N)=C(C#N)[C@H]4c5ccccc5[C@@H](C5=C2CC(C)(C)CC5=O)[C@@]34C#N)cc1. The van der Waals surface area contributed by atoms with Crippen molar-refractivity contribution >= 4 is 17.3 Å². The number of amidine groups is 1. The molecule has 6 nitrogen and oxygen atoms in total. The second kappa shape index (κ2) is 7.67. The standard InChI is InChI=1S/C31H29N5O/c1-17(2)18-9-11-19(12-10-18)36-23-13-30(3,4)14-24(37)25(23)27-21-8-6-5-7-20(21)26-22(15-32)28(34)35-29(36)31(26,27)16-33/h5-12,17,26-27H,13-14,34H2,1-4H3/t26-,27+,31+/m1/s1. The van der Waals surface area contributed by atoms with Crippen molar-refractivity contribution in [2.24, 2.45) is 21.6 Å². The third-order valence-corrected chi connectivity index (χ3v) is 8.48. The van der Waals surface area contributed by atoms with Crippen LogP contribution < -0.4 is 10.6 Å². The molecule has 2 heterocycles. The molecule has 4 aliphatic rings. The number of hydrogen-bond acceptors (Lipinski definition) is 6. The number of rotatable bonds is 2. The van der Waals surface area contributed by atoms with E-state index in [1.54, 1.807) is 0 Å². The second-order valence-corrected chi connectivity index (χ2v) is 11.7. The molecule has 2 aliphatic carbocycles. The van der Waals surface area contributed by atoms with E-state index in [9.17, 15) is 15.3 Å². The summed E-state index contributed by atoms with van der Waals surface area (Å²) in [7, 11) is 0. The summed E-state index contributed by atoms with van der Waals surface area (Å²) in [6.07, 6.45) is 1.07. The quantitative estimate of drug-likeness (QED) is 0.579. The van der Waals surface area contributed by atoms with E-state index in [2.05, 4.69) is 52.0 Å². The Morgan fingerprint density at radius 2 is 1.68 bits per heavy atom. The second-order valence-electron chi connectivity index (χ2n) is 11.7. The average Bonchev–Trinajstić information content (AvgIpc) is 3.15. The largest absolute Gasteiger partial charge is 0.383 e. The summed E-state index contributed by atoms with van der Waals surface area (Å²) in [6.45, 7) is 8.51. The molecule has 0 unspecified atom stereocenters. The van der Waals surface area contributed by atoms with E-state index in [0.717, 1.165) is 22.5 Å². The topological polar surface area (TPSA) is 106 Å². The van der Waals surface area contributed by atoms with Crippen molar-refractivity contribution in [3.05, 3.63) is 87.9 Å². The molecule has 0 radical (unpaired) electrons. The molecule has 0 saturated heterocycles. The summed E-state index contributed by atoms with van der Waals surface area (Å²) in [6, 6.07) is 20.9. The first-order valence-corrected chi connectivity index (χ1v) is 12.8. The van der Waals surface area contributed by atoms with Crippen molar-refractivity contribution in [3.63, 3.8) is 0 Å². The normalized spacial score (nSPS) is 27.3. The molecule has 184 valence electrons. The number of fused-ring (bicyclic) bond motifs is 4. The molecule has 2 aromatic rings. The highest BCUT2D eigenvalue weighted by Crippen LogP contribution is 2.67.